The third-order valence-electron chi connectivity index (χ3n) is 5.01. The smallest absolute Gasteiger partial charge is 0.314 e. The maximum Gasteiger partial charge on any atom is 0.314 e. The lowest BCUT2D eigenvalue weighted by Gasteiger charge is -2.39. The normalized spacial score (nSPS) is 18.4. The fourth-order valence-electron chi connectivity index (χ4n) is 3.54. The van der Waals surface area contributed by atoms with Crippen molar-refractivity contribution in [2.75, 3.05) is 13.1 Å². The highest BCUT2D eigenvalue weighted by Crippen LogP contribution is 2.36. The van der Waals surface area contributed by atoms with Crippen LogP contribution in [0, 0.1) is 5.92 Å². The van der Waals surface area contributed by atoms with Crippen molar-refractivity contribution >= 4 is 11.9 Å². The van der Waals surface area contributed by atoms with Gasteiger partial charge < -0.3 is 10.0 Å². The first kappa shape index (κ1) is 17.5. The Morgan fingerprint density at radius 2 is 1.83 bits per heavy atom. The van der Waals surface area contributed by atoms with Crippen molar-refractivity contribution in [3.8, 4) is 0 Å². The second-order valence-electron chi connectivity index (χ2n) is 6.73. The summed E-state index contributed by atoms with van der Waals surface area (Å²) in [5, 5.41) is 9.78. The summed E-state index contributed by atoms with van der Waals surface area (Å²) >= 11 is 0. The Balaban J connectivity index is 2.03. The van der Waals surface area contributed by atoms with Crippen LogP contribution < -0.4 is 0 Å². The van der Waals surface area contributed by atoms with Crippen LogP contribution in [-0.2, 0) is 15.0 Å². The van der Waals surface area contributed by atoms with E-state index in [4.69, 9.17) is 0 Å². The highest BCUT2D eigenvalue weighted by molar-refractivity contribution is 5.82. The molecule has 23 heavy (non-hydrogen) atoms. The number of piperidine rings is 1. The molecular formula is C19H27NO3. The molecule has 2 rings (SSSR count). The van der Waals surface area contributed by atoms with E-state index in [0.717, 1.165) is 18.4 Å². The molecule has 1 aliphatic rings. The molecule has 1 fully saturated rings. The number of aliphatic carboxylic acids is 1. The third kappa shape index (κ3) is 3.92. The summed E-state index contributed by atoms with van der Waals surface area (Å²) in [6.07, 6.45) is 3.69. The SMILES string of the molecule is CCCC(C)CC(=O)N1CCC(C(=O)O)(c2ccccc2)CC1. The van der Waals surface area contributed by atoms with Crippen LogP contribution in [0.3, 0.4) is 0 Å². The fraction of sp³-hybridized carbons (Fsp3) is 0.579. The van der Waals surface area contributed by atoms with Crippen LogP contribution in [0.2, 0.25) is 0 Å². The van der Waals surface area contributed by atoms with Crippen molar-refractivity contribution in [3.63, 3.8) is 0 Å². The second-order valence-corrected chi connectivity index (χ2v) is 6.73. The molecule has 1 saturated heterocycles. The van der Waals surface area contributed by atoms with Crippen molar-refractivity contribution in [1.29, 1.82) is 0 Å². The van der Waals surface area contributed by atoms with Gasteiger partial charge in [-0.1, -0.05) is 57.0 Å². The minimum atomic E-state index is -0.854. The molecule has 1 atom stereocenters. The van der Waals surface area contributed by atoms with E-state index < -0.39 is 11.4 Å². The standard InChI is InChI=1S/C19H27NO3/c1-3-7-15(2)14-17(21)20-12-10-19(11-13-20,18(22)23)16-8-5-4-6-9-16/h4-6,8-9,15H,3,7,10-14H2,1-2H3,(H,22,23). The van der Waals surface area contributed by atoms with Gasteiger partial charge in [0.1, 0.15) is 0 Å². The van der Waals surface area contributed by atoms with Crippen LogP contribution in [-0.4, -0.2) is 35.0 Å². The molecule has 4 heteroatoms. The monoisotopic (exact) mass is 317 g/mol. The average molecular weight is 317 g/mol. The minimum absolute atomic E-state index is 0.165. The van der Waals surface area contributed by atoms with Gasteiger partial charge in [-0.15, -0.1) is 0 Å². The van der Waals surface area contributed by atoms with Crippen LogP contribution in [0.5, 0.6) is 0 Å². The van der Waals surface area contributed by atoms with E-state index in [9.17, 15) is 14.7 Å². The van der Waals surface area contributed by atoms with E-state index in [1.165, 1.54) is 0 Å². The number of nitrogens with zero attached hydrogens (tertiary/aromatic N) is 1. The molecule has 1 heterocycles. The lowest BCUT2D eigenvalue weighted by atomic mass is 9.72. The summed E-state index contributed by atoms with van der Waals surface area (Å²) in [6, 6.07) is 9.42. The molecular weight excluding hydrogens is 290 g/mol. The zero-order valence-electron chi connectivity index (χ0n) is 14.1. The summed E-state index contributed by atoms with van der Waals surface area (Å²) in [4.78, 5) is 26.1. The fourth-order valence-corrected chi connectivity index (χ4v) is 3.54. The second kappa shape index (κ2) is 7.62. The molecule has 0 radical (unpaired) electrons. The third-order valence-corrected chi connectivity index (χ3v) is 5.01. The molecule has 126 valence electrons. The Morgan fingerprint density at radius 1 is 1.22 bits per heavy atom. The quantitative estimate of drug-likeness (QED) is 0.874. The molecule has 0 saturated carbocycles. The van der Waals surface area contributed by atoms with Gasteiger partial charge in [-0.3, -0.25) is 9.59 Å². The summed E-state index contributed by atoms with van der Waals surface area (Å²) in [6.45, 7) is 5.29. The molecule has 0 spiro atoms. The van der Waals surface area contributed by atoms with E-state index in [0.29, 0.717) is 38.3 Å². The number of carboxylic acids is 1. The first-order valence-corrected chi connectivity index (χ1v) is 8.56. The van der Waals surface area contributed by atoms with Crippen LogP contribution >= 0.6 is 0 Å². The van der Waals surface area contributed by atoms with Gasteiger partial charge in [0, 0.05) is 19.5 Å². The molecule has 1 amide bonds. The van der Waals surface area contributed by atoms with Crippen molar-refractivity contribution in [3.05, 3.63) is 35.9 Å². The van der Waals surface area contributed by atoms with Crippen molar-refractivity contribution in [2.24, 2.45) is 5.92 Å². The van der Waals surface area contributed by atoms with E-state index in [2.05, 4.69) is 13.8 Å². The zero-order chi connectivity index (χ0) is 16.9. The molecule has 4 nitrogen and oxygen atoms in total. The predicted octanol–water partition coefficient (Wildman–Crippen LogP) is 3.46. The maximum atomic E-state index is 12.4. The van der Waals surface area contributed by atoms with Crippen molar-refractivity contribution in [1.82, 2.24) is 4.90 Å². The maximum absolute atomic E-state index is 12.4. The first-order chi connectivity index (χ1) is 11.0. The van der Waals surface area contributed by atoms with Crippen molar-refractivity contribution in [2.45, 2.75) is 51.4 Å². The van der Waals surface area contributed by atoms with E-state index in [1.54, 1.807) is 0 Å². The number of likely N-dealkylation sites (tertiary alicyclic amines) is 1. The Kier molecular flexibility index (Phi) is 5.80. The highest BCUT2D eigenvalue weighted by atomic mass is 16.4. The van der Waals surface area contributed by atoms with Gasteiger partial charge in [-0.2, -0.15) is 0 Å². The van der Waals surface area contributed by atoms with Crippen LogP contribution in [0.15, 0.2) is 30.3 Å². The number of carbonyl (C=O) groups is 2. The minimum Gasteiger partial charge on any atom is -0.481 e. The topological polar surface area (TPSA) is 57.6 Å². The Labute approximate surface area is 138 Å². The molecule has 0 aromatic heterocycles. The molecule has 1 aliphatic heterocycles. The number of carbonyl (C=O) groups excluding carboxylic acids is 1. The van der Waals surface area contributed by atoms with Gasteiger partial charge in [0.25, 0.3) is 0 Å². The Bertz CT molecular complexity index is 533. The van der Waals surface area contributed by atoms with Gasteiger partial charge in [-0.25, -0.2) is 0 Å². The average Bonchev–Trinajstić information content (AvgIpc) is 2.55. The van der Waals surface area contributed by atoms with Crippen LogP contribution in [0.25, 0.3) is 0 Å². The summed E-state index contributed by atoms with van der Waals surface area (Å²) in [7, 11) is 0. The number of amides is 1. The number of carboxylic acid groups (broad SMARTS) is 1. The van der Waals surface area contributed by atoms with E-state index in [1.807, 2.05) is 35.2 Å². The molecule has 1 N–H and O–H groups in total. The number of rotatable bonds is 6. The molecule has 1 aromatic rings. The largest absolute Gasteiger partial charge is 0.481 e. The molecule has 1 unspecified atom stereocenters. The van der Waals surface area contributed by atoms with Crippen LogP contribution in [0.4, 0.5) is 0 Å². The Hall–Kier alpha value is -1.84. The van der Waals surface area contributed by atoms with Gasteiger partial charge in [0.15, 0.2) is 0 Å². The van der Waals surface area contributed by atoms with E-state index >= 15 is 0 Å². The number of hydrogen-bond acceptors (Lipinski definition) is 2. The lowest BCUT2D eigenvalue weighted by molar-refractivity contribution is -0.148. The molecule has 0 aliphatic carbocycles. The predicted molar refractivity (Wildman–Crippen MR) is 90.3 cm³/mol. The van der Waals surface area contributed by atoms with Gasteiger partial charge in [-0.05, 0) is 24.3 Å². The molecule has 1 aromatic carbocycles. The highest BCUT2D eigenvalue weighted by Gasteiger charge is 2.43. The van der Waals surface area contributed by atoms with E-state index in [-0.39, 0.29) is 5.91 Å². The van der Waals surface area contributed by atoms with Gasteiger partial charge >= 0.3 is 5.97 Å². The summed E-state index contributed by atoms with van der Waals surface area (Å²) in [5.74, 6) is -0.221. The molecule has 0 bridgehead atoms. The zero-order valence-corrected chi connectivity index (χ0v) is 14.1. The lowest BCUT2D eigenvalue weighted by Crippen LogP contribution is -2.49. The summed E-state index contributed by atoms with van der Waals surface area (Å²) in [5.41, 5.74) is -0.00784. The van der Waals surface area contributed by atoms with Crippen LogP contribution in [0.1, 0.15) is 51.5 Å². The van der Waals surface area contributed by atoms with Gasteiger partial charge in [0.2, 0.25) is 5.91 Å². The summed E-state index contributed by atoms with van der Waals surface area (Å²) < 4.78 is 0. The Morgan fingerprint density at radius 3 is 2.35 bits per heavy atom. The number of benzene rings is 1. The van der Waals surface area contributed by atoms with Gasteiger partial charge in [0.05, 0.1) is 5.41 Å². The van der Waals surface area contributed by atoms with Crippen molar-refractivity contribution < 1.29 is 14.7 Å². The number of hydrogen-bond donors (Lipinski definition) is 1. The first-order valence-electron chi connectivity index (χ1n) is 8.56.